The second kappa shape index (κ2) is 4.53. The van der Waals surface area contributed by atoms with Gasteiger partial charge in [0.1, 0.15) is 5.41 Å². The number of pyridine rings is 1. The summed E-state index contributed by atoms with van der Waals surface area (Å²) in [5.41, 5.74) is 2.38. The molecule has 1 aliphatic rings. The first kappa shape index (κ1) is 13.3. The largest absolute Gasteiger partial charge is 0.404 e. The Morgan fingerprint density at radius 1 is 1.32 bits per heavy atom. The third-order valence-corrected chi connectivity index (χ3v) is 3.13. The van der Waals surface area contributed by atoms with Crippen LogP contribution in [-0.2, 0) is 10.2 Å². The normalized spacial score (nSPS) is 26.4. The Hall–Kier alpha value is -2.11. The van der Waals surface area contributed by atoms with Crippen LogP contribution in [0.1, 0.15) is 5.69 Å². The third kappa shape index (κ3) is 2.03. The molecule has 2 N–H and O–H groups in total. The number of rotatable bonds is 2. The fourth-order valence-electron chi connectivity index (χ4n) is 2.23. The molecule has 19 heavy (non-hydrogen) atoms. The number of nitrogens with two attached hydrogens (primary N) is 1. The molecular weight excluding hydrogens is 257 g/mol. The van der Waals surface area contributed by atoms with Gasteiger partial charge in [-0.25, -0.2) is 0 Å². The topological polar surface area (TPSA) is 56.0 Å². The molecule has 6 heteroatoms. The summed E-state index contributed by atoms with van der Waals surface area (Å²) in [6.45, 7) is 0. The summed E-state index contributed by atoms with van der Waals surface area (Å²) in [5, 5.41) is 0. The van der Waals surface area contributed by atoms with Crippen LogP contribution in [0.4, 0.5) is 13.2 Å². The summed E-state index contributed by atoms with van der Waals surface area (Å²) >= 11 is 0. The zero-order chi connectivity index (χ0) is 14.1. The predicted octanol–water partition coefficient (Wildman–Crippen LogP) is 2.11. The van der Waals surface area contributed by atoms with Crippen molar-refractivity contribution in [2.24, 2.45) is 11.7 Å². The predicted molar refractivity (Wildman–Crippen MR) is 62.9 cm³/mol. The maximum atomic E-state index is 13.6. The van der Waals surface area contributed by atoms with Gasteiger partial charge in [0, 0.05) is 6.20 Å². The lowest BCUT2D eigenvalue weighted by Crippen LogP contribution is -2.52. The van der Waals surface area contributed by atoms with E-state index in [4.69, 9.17) is 5.73 Å². The maximum Gasteiger partial charge on any atom is 0.404 e. The van der Waals surface area contributed by atoms with E-state index in [-0.39, 0.29) is 5.69 Å². The fraction of sp³-hybridized carbons (Fsp3) is 0.231. The average molecular weight is 268 g/mol. The Morgan fingerprint density at radius 2 is 2.05 bits per heavy atom. The first-order valence-electron chi connectivity index (χ1n) is 5.53. The van der Waals surface area contributed by atoms with Crippen molar-refractivity contribution in [1.29, 1.82) is 0 Å². The van der Waals surface area contributed by atoms with Crippen molar-refractivity contribution < 1.29 is 18.0 Å². The number of carbonyl (C=O) groups is 1. The van der Waals surface area contributed by atoms with Crippen LogP contribution in [0.2, 0.25) is 0 Å². The van der Waals surface area contributed by atoms with E-state index in [2.05, 4.69) is 4.98 Å². The Kier molecular flexibility index (Phi) is 3.18. The van der Waals surface area contributed by atoms with E-state index in [1.54, 1.807) is 0 Å². The molecular formula is C13H11F3N2O. The molecule has 0 radical (unpaired) electrons. The number of primary amides is 1. The summed E-state index contributed by atoms with van der Waals surface area (Å²) in [4.78, 5) is 15.2. The minimum Gasteiger partial charge on any atom is -0.369 e. The van der Waals surface area contributed by atoms with Gasteiger partial charge in [-0.15, -0.1) is 0 Å². The maximum absolute atomic E-state index is 13.6. The number of carbonyl (C=O) groups excluding carboxylic acids is 1. The molecule has 2 atom stereocenters. The van der Waals surface area contributed by atoms with Crippen molar-refractivity contribution in [1.82, 2.24) is 4.98 Å². The molecule has 0 aliphatic heterocycles. The minimum absolute atomic E-state index is 0.244. The lowest BCUT2D eigenvalue weighted by molar-refractivity contribution is -0.189. The average Bonchev–Trinajstić information content (AvgIpc) is 2.38. The van der Waals surface area contributed by atoms with Crippen molar-refractivity contribution in [3.63, 3.8) is 0 Å². The standard InChI is InChI=1S/C13H11F3N2O/c14-13(15,16)12(10-6-2-4-8-18-10)7-3-1-5-9(12)11(17)19/h1-9H,(H2,17,19). The number of nitrogens with zero attached hydrogens (tertiary/aromatic N) is 1. The SMILES string of the molecule is NC(=O)C1C=CC=CC1(c1ccccn1)C(F)(F)F. The number of allylic oxidation sites excluding steroid dienone is 3. The number of aromatic nitrogens is 1. The van der Waals surface area contributed by atoms with E-state index in [1.807, 2.05) is 0 Å². The number of hydrogen-bond acceptors (Lipinski definition) is 2. The van der Waals surface area contributed by atoms with Crippen LogP contribution >= 0.6 is 0 Å². The van der Waals surface area contributed by atoms with Gasteiger partial charge < -0.3 is 5.73 Å². The van der Waals surface area contributed by atoms with Gasteiger partial charge in [-0.05, 0) is 12.1 Å². The van der Waals surface area contributed by atoms with Crippen LogP contribution in [0.15, 0.2) is 48.7 Å². The molecule has 2 rings (SSSR count). The molecule has 0 spiro atoms. The quantitative estimate of drug-likeness (QED) is 0.893. The second-order valence-corrected chi connectivity index (χ2v) is 4.21. The van der Waals surface area contributed by atoms with Crippen LogP contribution in [0.3, 0.4) is 0 Å². The highest BCUT2D eigenvalue weighted by molar-refractivity contribution is 5.82. The second-order valence-electron chi connectivity index (χ2n) is 4.21. The molecule has 1 aromatic rings. The van der Waals surface area contributed by atoms with Crippen LogP contribution in [-0.4, -0.2) is 17.1 Å². The monoisotopic (exact) mass is 268 g/mol. The molecule has 0 saturated carbocycles. The highest BCUT2D eigenvalue weighted by Gasteiger charge is 2.61. The molecule has 1 aromatic heterocycles. The van der Waals surface area contributed by atoms with E-state index in [9.17, 15) is 18.0 Å². The Labute approximate surface area is 107 Å². The molecule has 0 aromatic carbocycles. The lowest BCUT2D eigenvalue weighted by atomic mass is 9.69. The molecule has 0 bridgehead atoms. The summed E-state index contributed by atoms with van der Waals surface area (Å²) < 4.78 is 40.7. The number of halogens is 3. The first-order valence-corrected chi connectivity index (χ1v) is 5.53. The fourth-order valence-corrected chi connectivity index (χ4v) is 2.23. The van der Waals surface area contributed by atoms with E-state index in [1.165, 1.54) is 36.5 Å². The van der Waals surface area contributed by atoms with Crippen LogP contribution in [0.5, 0.6) is 0 Å². The van der Waals surface area contributed by atoms with Gasteiger partial charge in [0.05, 0.1) is 11.6 Å². The highest BCUT2D eigenvalue weighted by atomic mass is 19.4. The molecule has 1 aliphatic carbocycles. The van der Waals surface area contributed by atoms with Gasteiger partial charge in [-0.2, -0.15) is 13.2 Å². The zero-order valence-corrected chi connectivity index (χ0v) is 9.76. The number of alkyl halides is 3. The molecule has 100 valence electrons. The van der Waals surface area contributed by atoms with Gasteiger partial charge in [0.2, 0.25) is 5.91 Å². The van der Waals surface area contributed by atoms with Crippen molar-refractivity contribution >= 4 is 5.91 Å². The summed E-state index contributed by atoms with van der Waals surface area (Å²) in [5.74, 6) is -2.55. The molecule has 1 heterocycles. The summed E-state index contributed by atoms with van der Waals surface area (Å²) in [6, 6.07) is 4.20. The van der Waals surface area contributed by atoms with E-state index in [0.29, 0.717) is 0 Å². The number of amides is 1. The van der Waals surface area contributed by atoms with Crippen LogP contribution in [0, 0.1) is 5.92 Å². The van der Waals surface area contributed by atoms with Gasteiger partial charge in [-0.1, -0.05) is 30.4 Å². The summed E-state index contributed by atoms with van der Waals surface area (Å²) in [6.07, 6.45) is 1.30. The third-order valence-electron chi connectivity index (χ3n) is 3.13. The molecule has 0 fully saturated rings. The van der Waals surface area contributed by atoms with Crippen molar-refractivity contribution in [2.75, 3.05) is 0 Å². The van der Waals surface area contributed by atoms with Crippen molar-refractivity contribution in [3.05, 3.63) is 54.4 Å². The molecule has 2 unspecified atom stereocenters. The summed E-state index contributed by atoms with van der Waals surface area (Å²) in [7, 11) is 0. The highest BCUT2D eigenvalue weighted by Crippen LogP contribution is 2.48. The lowest BCUT2D eigenvalue weighted by Gasteiger charge is -2.37. The Bertz CT molecular complexity index is 537. The Morgan fingerprint density at radius 3 is 2.58 bits per heavy atom. The minimum atomic E-state index is -4.68. The molecule has 1 amide bonds. The van der Waals surface area contributed by atoms with Crippen LogP contribution < -0.4 is 5.73 Å². The van der Waals surface area contributed by atoms with Gasteiger partial charge in [0.25, 0.3) is 0 Å². The van der Waals surface area contributed by atoms with Gasteiger partial charge in [-0.3, -0.25) is 9.78 Å². The molecule has 0 saturated heterocycles. The van der Waals surface area contributed by atoms with Gasteiger partial charge >= 0.3 is 6.18 Å². The van der Waals surface area contributed by atoms with Crippen molar-refractivity contribution in [3.8, 4) is 0 Å². The molecule has 3 nitrogen and oxygen atoms in total. The first-order chi connectivity index (χ1) is 8.89. The smallest absolute Gasteiger partial charge is 0.369 e. The van der Waals surface area contributed by atoms with Crippen LogP contribution in [0.25, 0.3) is 0 Å². The number of hydrogen-bond donors (Lipinski definition) is 1. The Balaban J connectivity index is 2.68. The van der Waals surface area contributed by atoms with Gasteiger partial charge in [0.15, 0.2) is 0 Å². The zero-order valence-electron chi connectivity index (χ0n) is 9.76. The van der Waals surface area contributed by atoms with E-state index in [0.717, 1.165) is 12.2 Å². The van der Waals surface area contributed by atoms with E-state index < -0.39 is 23.4 Å². The van der Waals surface area contributed by atoms with E-state index >= 15 is 0 Å². The van der Waals surface area contributed by atoms with Crippen molar-refractivity contribution in [2.45, 2.75) is 11.6 Å².